The molecule has 0 aromatic rings. The van der Waals surface area contributed by atoms with Crippen LogP contribution >= 0.6 is 0 Å². The maximum Gasteiger partial charge on any atom is 0.408 e. The fourth-order valence-electron chi connectivity index (χ4n) is 3.14. The Hall–Kier alpha value is -3.46. The molecule has 15 heteroatoms. The second kappa shape index (κ2) is 13.7. The second-order valence-corrected chi connectivity index (χ2v) is 8.94. The number of carboxylic acids is 1. The number of carbonyl (C=O) groups excluding carboxylic acids is 5. The molecule has 1 aliphatic rings. The van der Waals surface area contributed by atoms with Crippen molar-refractivity contribution in [3.63, 3.8) is 0 Å². The molecule has 0 radical (unpaired) electrons. The molecule has 0 saturated carbocycles. The van der Waals surface area contributed by atoms with E-state index in [0.29, 0.717) is 0 Å². The van der Waals surface area contributed by atoms with Crippen LogP contribution in [0.2, 0.25) is 0 Å². The zero-order chi connectivity index (χ0) is 28.5. The standard InChI is InChI=1S/C22H33NO14/c1-10(24)31-9-15-16(33-11(2)25)17(34-12(3)26)18(35-13(4)27)20(36-15)32-8-14(19(28)29)23-21(30)37-22(5,6)7/h14-18,20H,8-9H2,1-7H3,(H,23,30)(H,28,29)/t14-,15+,16+,17-,18+,20+/m0/s1. The first-order valence-corrected chi connectivity index (χ1v) is 11.1. The van der Waals surface area contributed by atoms with Crippen molar-refractivity contribution in [3.8, 4) is 0 Å². The van der Waals surface area contributed by atoms with Gasteiger partial charge < -0.3 is 43.6 Å². The SMILES string of the molecule is CC(=O)OC[C@H]1O[C@@H](OC[C@H](NC(=O)OC(C)(C)C)C(=O)O)[C@H](OC(C)=O)[C@@H](OC(C)=O)[C@@H]1OC(C)=O. The first-order valence-electron chi connectivity index (χ1n) is 11.1. The van der Waals surface area contributed by atoms with Gasteiger partial charge in [-0.1, -0.05) is 0 Å². The van der Waals surface area contributed by atoms with Gasteiger partial charge in [-0.3, -0.25) is 19.2 Å². The zero-order valence-corrected chi connectivity index (χ0v) is 21.6. The van der Waals surface area contributed by atoms with Gasteiger partial charge in [-0.2, -0.15) is 0 Å². The molecule has 0 aromatic heterocycles. The Morgan fingerprint density at radius 3 is 1.81 bits per heavy atom. The maximum atomic E-state index is 12.0. The van der Waals surface area contributed by atoms with Gasteiger partial charge in [0.05, 0.1) is 6.61 Å². The fraction of sp³-hybridized carbons (Fsp3) is 0.727. The lowest BCUT2D eigenvalue weighted by Gasteiger charge is -2.44. The minimum atomic E-state index is -1.64. The lowest BCUT2D eigenvalue weighted by atomic mass is 9.98. The van der Waals surface area contributed by atoms with Crippen LogP contribution in [0.25, 0.3) is 0 Å². The number of esters is 4. The average Bonchev–Trinajstić information content (AvgIpc) is 2.70. The van der Waals surface area contributed by atoms with Crippen LogP contribution in [-0.2, 0) is 57.1 Å². The first kappa shape index (κ1) is 31.6. The molecule has 1 aliphatic heterocycles. The largest absolute Gasteiger partial charge is 0.480 e. The quantitative estimate of drug-likeness (QED) is 0.281. The zero-order valence-electron chi connectivity index (χ0n) is 21.6. The Morgan fingerprint density at radius 2 is 1.35 bits per heavy atom. The van der Waals surface area contributed by atoms with Crippen LogP contribution in [0.3, 0.4) is 0 Å². The monoisotopic (exact) mass is 535 g/mol. The summed E-state index contributed by atoms with van der Waals surface area (Å²) >= 11 is 0. The fourth-order valence-corrected chi connectivity index (χ4v) is 3.14. The van der Waals surface area contributed by atoms with Gasteiger partial charge in [0.15, 0.2) is 30.6 Å². The van der Waals surface area contributed by atoms with Crippen LogP contribution in [0.15, 0.2) is 0 Å². The van der Waals surface area contributed by atoms with E-state index in [0.717, 1.165) is 27.7 Å². The average molecular weight is 535 g/mol. The number of hydrogen-bond acceptors (Lipinski definition) is 13. The van der Waals surface area contributed by atoms with Crippen LogP contribution in [-0.4, -0.2) is 96.6 Å². The van der Waals surface area contributed by atoms with E-state index >= 15 is 0 Å². The molecule has 37 heavy (non-hydrogen) atoms. The van der Waals surface area contributed by atoms with E-state index in [1.807, 2.05) is 0 Å². The third-order valence-electron chi connectivity index (χ3n) is 4.36. The molecule has 0 bridgehead atoms. The van der Waals surface area contributed by atoms with E-state index < -0.39 is 91.5 Å². The minimum absolute atomic E-state index is 0.490. The number of aliphatic carboxylic acids is 1. The van der Waals surface area contributed by atoms with E-state index in [-0.39, 0.29) is 0 Å². The highest BCUT2D eigenvalue weighted by molar-refractivity contribution is 5.80. The normalized spacial score (nSPS) is 24.1. The predicted molar refractivity (Wildman–Crippen MR) is 119 cm³/mol. The topological polar surface area (TPSA) is 199 Å². The van der Waals surface area contributed by atoms with Crippen molar-refractivity contribution in [2.24, 2.45) is 0 Å². The number of hydrogen-bond donors (Lipinski definition) is 2. The minimum Gasteiger partial charge on any atom is -0.480 e. The van der Waals surface area contributed by atoms with Gasteiger partial charge in [-0.25, -0.2) is 9.59 Å². The number of nitrogens with one attached hydrogen (secondary N) is 1. The summed E-state index contributed by atoms with van der Waals surface area (Å²) in [7, 11) is 0. The summed E-state index contributed by atoms with van der Waals surface area (Å²) in [6, 6.07) is -1.64. The summed E-state index contributed by atoms with van der Waals surface area (Å²) in [5, 5.41) is 11.6. The number of ether oxygens (including phenoxy) is 7. The van der Waals surface area contributed by atoms with Gasteiger partial charge in [0, 0.05) is 27.7 Å². The smallest absolute Gasteiger partial charge is 0.408 e. The van der Waals surface area contributed by atoms with Crippen molar-refractivity contribution < 1.29 is 67.0 Å². The van der Waals surface area contributed by atoms with Crippen LogP contribution in [0, 0.1) is 0 Å². The lowest BCUT2D eigenvalue weighted by Crippen LogP contribution is -2.63. The van der Waals surface area contributed by atoms with Gasteiger partial charge in [-0.05, 0) is 20.8 Å². The van der Waals surface area contributed by atoms with E-state index in [2.05, 4.69) is 5.32 Å². The lowest BCUT2D eigenvalue weighted by molar-refractivity contribution is -0.308. The molecule has 1 heterocycles. The number of alkyl carbamates (subject to hydrolysis) is 1. The highest BCUT2D eigenvalue weighted by Crippen LogP contribution is 2.30. The highest BCUT2D eigenvalue weighted by atomic mass is 16.7. The first-order chi connectivity index (χ1) is 17.0. The molecule has 0 aromatic carbocycles. The van der Waals surface area contributed by atoms with E-state index in [1.165, 1.54) is 0 Å². The molecule has 1 saturated heterocycles. The van der Waals surface area contributed by atoms with Crippen molar-refractivity contribution in [1.29, 1.82) is 0 Å². The Bertz CT molecular complexity index is 866. The number of carboxylic acid groups (broad SMARTS) is 1. The summed E-state index contributed by atoms with van der Waals surface area (Å²) in [5.41, 5.74) is -0.909. The molecular weight excluding hydrogens is 502 g/mol. The third kappa shape index (κ3) is 11.4. The summed E-state index contributed by atoms with van der Waals surface area (Å²) in [5.74, 6) is -4.72. The van der Waals surface area contributed by atoms with Gasteiger partial charge in [0.25, 0.3) is 0 Å². The summed E-state index contributed by atoms with van der Waals surface area (Å²) < 4.78 is 36.9. The van der Waals surface area contributed by atoms with E-state index in [9.17, 15) is 33.9 Å². The number of amides is 1. The number of rotatable bonds is 10. The predicted octanol–water partition coefficient (Wildman–Crippen LogP) is 0.0640. The summed E-state index contributed by atoms with van der Waals surface area (Å²) in [4.78, 5) is 70.5. The molecule has 1 fully saturated rings. The van der Waals surface area contributed by atoms with Crippen LogP contribution < -0.4 is 5.32 Å². The number of carbonyl (C=O) groups is 6. The Labute approximate surface area is 213 Å². The van der Waals surface area contributed by atoms with E-state index in [4.69, 9.17) is 33.2 Å². The molecule has 1 amide bonds. The summed E-state index contributed by atoms with van der Waals surface area (Å²) in [6.07, 6.45) is -8.37. The van der Waals surface area contributed by atoms with Gasteiger partial charge in [0.1, 0.15) is 18.3 Å². The van der Waals surface area contributed by atoms with Crippen LogP contribution in [0.5, 0.6) is 0 Å². The molecule has 1 rings (SSSR count). The van der Waals surface area contributed by atoms with Gasteiger partial charge in [-0.15, -0.1) is 0 Å². The molecule has 0 unspecified atom stereocenters. The van der Waals surface area contributed by atoms with Gasteiger partial charge in [0.2, 0.25) is 0 Å². The second-order valence-electron chi connectivity index (χ2n) is 8.94. The maximum absolute atomic E-state index is 12.0. The van der Waals surface area contributed by atoms with E-state index in [1.54, 1.807) is 20.8 Å². The van der Waals surface area contributed by atoms with Crippen molar-refractivity contribution in [2.45, 2.75) is 90.8 Å². The molecular formula is C22H33NO14. The van der Waals surface area contributed by atoms with Crippen molar-refractivity contribution in [2.75, 3.05) is 13.2 Å². The van der Waals surface area contributed by atoms with Crippen molar-refractivity contribution in [3.05, 3.63) is 0 Å². The highest BCUT2D eigenvalue weighted by Gasteiger charge is 2.53. The molecule has 6 atom stereocenters. The van der Waals surface area contributed by atoms with Gasteiger partial charge >= 0.3 is 35.9 Å². The molecule has 0 aliphatic carbocycles. The van der Waals surface area contributed by atoms with Crippen molar-refractivity contribution in [1.82, 2.24) is 5.32 Å². The molecule has 2 N–H and O–H groups in total. The Kier molecular flexibility index (Phi) is 11.7. The molecule has 15 nitrogen and oxygen atoms in total. The van der Waals surface area contributed by atoms with Crippen molar-refractivity contribution >= 4 is 35.9 Å². The third-order valence-corrected chi connectivity index (χ3v) is 4.36. The molecule has 0 spiro atoms. The Morgan fingerprint density at radius 1 is 0.838 bits per heavy atom. The van der Waals surface area contributed by atoms with Crippen LogP contribution in [0.4, 0.5) is 4.79 Å². The summed E-state index contributed by atoms with van der Waals surface area (Å²) in [6.45, 7) is 7.80. The van der Waals surface area contributed by atoms with Crippen LogP contribution in [0.1, 0.15) is 48.5 Å². The molecule has 210 valence electrons. The Balaban J connectivity index is 3.27.